The van der Waals surface area contributed by atoms with E-state index in [0.717, 1.165) is 30.0 Å². The van der Waals surface area contributed by atoms with Crippen LogP contribution in [0.5, 0.6) is 0 Å². The van der Waals surface area contributed by atoms with Crippen molar-refractivity contribution in [1.29, 1.82) is 0 Å². The zero-order chi connectivity index (χ0) is 23.3. The molecule has 0 aliphatic heterocycles. The lowest BCUT2D eigenvalue weighted by atomic mass is 10.1. The van der Waals surface area contributed by atoms with Gasteiger partial charge in [0.25, 0.3) is 12.2 Å². The fraction of sp³-hybridized carbons (Fsp3) is 0.304. The number of rotatable bonds is 4. The SMILES string of the molecule is Cc1nnc2nc(N(CC(F)F)c3cc(F)cc(C#CC4(C)CC4)c3)c3c(F)cncc3n12. The first kappa shape index (κ1) is 21.1. The maximum atomic E-state index is 15.0. The molecule has 0 bridgehead atoms. The smallest absolute Gasteiger partial charge is 0.257 e. The number of nitrogens with zero attached hydrogens (tertiary/aromatic N) is 6. The molecule has 1 aliphatic carbocycles. The average molecular weight is 454 g/mol. The summed E-state index contributed by atoms with van der Waals surface area (Å²) in [4.78, 5) is 9.28. The Kier molecular flexibility index (Phi) is 4.92. The Balaban J connectivity index is 1.74. The van der Waals surface area contributed by atoms with Crippen molar-refractivity contribution in [1.82, 2.24) is 24.6 Å². The number of benzene rings is 1. The molecule has 168 valence electrons. The Morgan fingerprint density at radius 3 is 2.67 bits per heavy atom. The second-order valence-corrected chi connectivity index (χ2v) is 8.34. The van der Waals surface area contributed by atoms with Crippen molar-refractivity contribution in [3.05, 3.63) is 53.6 Å². The Bertz CT molecular complexity index is 1450. The van der Waals surface area contributed by atoms with Crippen molar-refractivity contribution in [2.45, 2.75) is 33.1 Å². The fourth-order valence-corrected chi connectivity index (χ4v) is 3.66. The van der Waals surface area contributed by atoms with Crippen LogP contribution in [-0.4, -0.2) is 37.5 Å². The lowest BCUT2D eigenvalue weighted by Gasteiger charge is -2.25. The zero-order valence-corrected chi connectivity index (χ0v) is 17.8. The van der Waals surface area contributed by atoms with Crippen molar-refractivity contribution in [2.75, 3.05) is 11.4 Å². The number of halogens is 4. The molecule has 0 N–H and O–H groups in total. The normalized spacial score (nSPS) is 14.5. The molecule has 1 aliphatic rings. The quantitative estimate of drug-likeness (QED) is 0.327. The van der Waals surface area contributed by atoms with Gasteiger partial charge in [0.2, 0.25) is 0 Å². The number of aromatic nitrogens is 5. The van der Waals surface area contributed by atoms with E-state index in [9.17, 15) is 17.6 Å². The summed E-state index contributed by atoms with van der Waals surface area (Å²) < 4.78 is 58.3. The largest absolute Gasteiger partial charge is 0.320 e. The summed E-state index contributed by atoms with van der Waals surface area (Å²) in [6, 6.07) is 3.83. The number of hydrogen-bond acceptors (Lipinski definition) is 5. The molecule has 3 heterocycles. The Morgan fingerprint density at radius 1 is 1.15 bits per heavy atom. The highest BCUT2D eigenvalue weighted by atomic mass is 19.3. The molecule has 10 heteroatoms. The summed E-state index contributed by atoms with van der Waals surface area (Å²) in [6.45, 7) is 2.81. The van der Waals surface area contributed by atoms with E-state index in [-0.39, 0.29) is 33.6 Å². The molecule has 0 amide bonds. The standard InChI is InChI=1S/C23H18F4N6/c1-13-30-31-22-29-21(20-17(25)10-28-11-18(20)33(13)22)32(12-19(26)27)16-8-14(7-15(24)9-16)3-4-23(2)5-6-23/h7-11,19H,5-6,12H2,1-2H3. The molecular formula is C23H18F4N6. The number of aryl methyl sites for hydroxylation is 1. The van der Waals surface area contributed by atoms with Crippen LogP contribution in [0.15, 0.2) is 30.6 Å². The third kappa shape index (κ3) is 3.95. The van der Waals surface area contributed by atoms with E-state index in [4.69, 9.17) is 0 Å². The number of fused-ring (bicyclic) bond motifs is 3. The highest BCUT2D eigenvalue weighted by Crippen LogP contribution is 2.44. The minimum absolute atomic E-state index is 0.0524. The van der Waals surface area contributed by atoms with Crippen LogP contribution >= 0.6 is 0 Å². The molecular weight excluding hydrogens is 436 g/mol. The average Bonchev–Trinajstić information content (AvgIpc) is 3.39. The van der Waals surface area contributed by atoms with Gasteiger partial charge < -0.3 is 4.90 Å². The van der Waals surface area contributed by atoms with Gasteiger partial charge >= 0.3 is 0 Å². The molecule has 1 fully saturated rings. The maximum absolute atomic E-state index is 15.0. The van der Waals surface area contributed by atoms with E-state index in [2.05, 4.69) is 32.0 Å². The van der Waals surface area contributed by atoms with E-state index in [1.165, 1.54) is 22.7 Å². The van der Waals surface area contributed by atoms with E-state index in [1.807, 2.05) is 6.92 Å². The van der Waals surface area contributed by atoms with Crippen molar-refractivity contribution in [3.63, 3.8) is 0 Å². The van der Waals surface area contributed by atoms with Gasteiger partial charge in [0.15, 0.2) is 5.82 Å². The monoisotopic (exact) mass is 454 g/mol. The van der Waals surface area contributed by atoms with Crippen LogP contribution in [0.25, 0.3) is 16.7 Å². The van der Waals surface area contributed by atoms with Gasteiger partial charge in [0.1, 0.15) is 17.5 Å². The summed E-state index contributed by atoms with van der Waals surface area (Å²) in [5.41, 5.74) is 0.573. The highest BCUT2D eigenvalue weighted by Gasteiger charge is 2.35. The van der Waals surface area contributed by atoms with Gasteiger partial charge in [0, 0.05) is 16.7 Å². The van der Waals surface area contributed by atoms with Crippen LogP contribution in [0, 0.1) is 35.8 Å². The van der Waals surface area contributed by atoms with Gasteiger partial charge in [-0.1, -0.05) is 11.8 Å². The van der Waals surface area contributed by atoms with Crippen LogP contribution in [0.1, 0.15) is 31.2 Å². The Hall–Kier alpha value is -3.74. The topological polar surface area (TPSA) is 59.2 Å². The molecule has 0 spiro atoms. The summed E-state index contributed by atoms with van der Waals surface area (Å²) in [5.74, 6) is 5.00. The lowest BCUT2D eigenvalue weighted by molar-refractivity contribution is 0.158. The zero-order valence-electron chi connectivity index (χ0n) is 17.8. The lowest BCUT2D eigenvalue weighted by Crippen LogP contribution is -2.26. The summed E-state index contributed by atoms with van der Waals surface area (Å²) in [6.07, 6.45) is 1.46. The minimum atomic E-state index is -2.81. The molecule has 0 unspecified atom stereocenters. The number of hydrogen-bond donors (Lipinski definition) is 0. The molecule has 4 aromatic rings. The van der Waals surface area contributed by atoms with E-state index < -0.39 is 24.6 Å². The number of alkyl halides is 2. The number of anilines is 2. The first-order chi connectivity index (χ1) is 15.7. The van der Waals surface area contributed by atoms with Crippen molar-refractivity contribution in [3.8, 4) is 11.8 Å². The molecule has 0 radical (unpaired) electrons. The van der Waals surface area contributed by atoms with Crippen molar-refractivity contribution >= 4 is 28.2 Å². The van der Waals surface area contributed by atoms with Crippen LogP contribution in [0.3, 0.4) is 0 Å². The third-order valence-electron chi connectivity index (χ3n) is 5.64. The molecule has 3 aromatic heterocycles. The van der Waals surface area contributed by atoms with E-state index in [1.54, 1.807) is 6.92 Å². The summed E-state index contributed by atoms with van der Waals surface area (Å²) in [5, 5.41) is 7.85. The van der Waals surface area contributed by atoms with E-state index in [0.29, 0.717) is 11.4 Å². The van der Waals surface area contributed by atoms with Gasteiger partial charge in [-0.25, -0.2) is 17.6 Å². The molecule has 1 saturated carbocycles. The van der Waals surface area contributed by atoms with Gasteiger partial charge in [-0.05, 0) is 44.9 Å². The molecule has 5 rings (SSSR count). The van der Waals surface area contributed by atoms with Crippen molar-refractivity contribution < 1.29 is 17.6 Å². The molecule has 1 aromatic carbocycles. The summed E-state index contributed by atoms with van der Waals surface area (Å²) in [7, 11) is 0. The van der Waals surface area contributed by atoms with Crippen molar-refractivity contribution in [2.24, 2.45) is 5.41 Å². The van der Waals surface area contributed by atoms with Crippen LogP contribution in [0.2, 0.25) is 0 Å². The van der Waals surface area contributed by atoms with Crippen LogP contribution in [-0.2, 0) is 0 Å². The highest BCUT2D eigenvalue weighted by molar-refractivity contribution is 5.93. The van der Waals surface area contributed by atoms with Gasteiger partial charge in [-0.3, -0.25) is 9.38 Å². The molecule has 0 atom stereocenters. The first-order valence-corrected chi connectivity index (χ1v) is 10.3. The van der Waals surface area contributed by atoms with Crippen LogP contribution < -0.4 is 4.90 Å². The second kappa shape index (κ2) is 7.69. The Labute approximate surface area is 186 Å². The fourth-order valence-electron chi connectivity index (χ4n) is 3.66. The minimum Gasteiger partial charge on any atom is -0.320 e. The predicted molar refractivity (Wildman–Crippen MR) is 114 cm³/mol. The molecule has 33 heavy (non-hydrogen) atoms. The molecule has 0 saturated heterocycles. The summed E-state index contributed by atoms with van der Waals surface area (Å²) >= 11 is 0. The van der Waals surface area contributed by atoms with Gasteiger partial charge in [-0.15, -0.1) is 10.2 Å². The van der Waals surface area contributed by atoms with Gasteiger partial charge in [0.05, 0.1) is 29.8 Å². The third-order valence-corrected chi connectivity index (χ3v) is 5.64. The Morgan fingerprint density at radius 2 is 1.94 bits per heavy atom. The van der Waals surface area contributed by atoms with Gasteiger partial charge in [-0.2, -0.15) is 4.98 Å². The predicted octanol–water partition coefficient (Wildman–Crippen LogP) is 4.81. The first-order valence-electron chi connectivity index (χ1n) is 10.3. The van der Waals surface area contributed by atoms with Crippen LogP contribution in [0.4, 0.5) is 29.1 Å². The maximum Gasteiger partial charge on any atom is 0.257 e. The molecule has 6 nitrogen and oxygen atoms in total. The number of pyridine rings is 1. The second-order valence-electron chi connectivity index (χ2n) is 8.34. The van der Waals surface area contributed by atoms with E-state index >= 15 is 0 Å².